The normalized spacial score (nSPS) is 43.0. The molecule has 6 unspecified atom stereocenters. The predicted octanol–water partition coefficient (Wildman–Crippen LogP) is 7.74. The average molecular weight is 428 g/mol. The van der Waals surface area contributed by atoms with Crippen LogP contribution < -0.4 is 5.32 Å². The Morgan fingerprint density at radius 3 is 2.55 bits per heavy atom. The summed E-state index contributed by atoms with van der Waals surface area (Å²) in [5, 5.41) is 3.33. The van der Waals surface area contributed by atoms with Crippen molar-refractivity contribution in [2.75, 3.05) is 0 Å². The third-order valence-electron chi connectivity index (χ3n) is 10.6. The number of carbonyl (C=O) groups is 1. The highest BCUT2D eigenvalue weighted by Crippen LogP contribution is 2.67. The Labute approximate surface area is 192 Å². The fraction of sp³-hybridized carbons (Fsp3) is 0.897. The molecule has 0 aromatic carbocycles. The van der Waals surface area contributed by atoms with Gasteiger partial charge in [-0.3, -0.25) is 4.79 Å². The van der Waals surface area contributed by atoms with E-state index in [0.717, 1.165) is 41.9 Å². The highest BCUT2D eigenvalue weighted by Gasteiger charge is 2.61. The molecule has 176 valence electrons. The minimum atomic E-state index is 0.200. The molecule has 2 heteroatoms. The molecule has 8 atom stereocenters. The van der Waals surface area contributed by atoms with Crippen LogP contribution in [0, 0.1) is 52.3 Å². The summed E-state index contributed by atoms with van der Waals surface area (Å²) in [4.78, 5) is 12.2. The van der Waals surface area contributed by atoms with Crippen molar-refractivity contribution in [1.29, 1.82) is 0 Å². The first-order chi connectivity index (χ1) is 14.7. The Bertz CT molecular complexity index is 695. The van der Waals surface area contributed by atoms with Crippen molar-refractivity contribution in [3.8, 4) is 0 Å². The van der Waals surface area contributed by atoms with E-state index in [-0.39, 0.29) is 11.3 Å². The Balaban J connectivity index is 1.59. The van der Waals surface area contributed by atoms with Gasteiger partial charge in [-0.2, -0.15) is 0 Å². The standard InChI is InChI=1S/C29H49NO/c1-7-9-21-18-25-29(6,17-15-26(31)30-25)24-14-16-28(5)22(12-13-23(28)27(21)24)20(4)11-8-10-19(2)3/h18-24,27H,7-17H2,1-6H3,(H,30,31)/t20?,21?,22?,23?,24?,27?,28-,29-/m1/s1. The molecule has 1 amide bonds. The van der Waals surface area contributed by atoms with Crippen LogP contribution in [0.25, 0.3) is 0 Å². The van der Waals surface area contributed by atoms with E-state index in [1.165, 1.54) is 63.5 Å². The van der Waals surface area contributed by atoms with Gasteiger partial charge in [0.1, 0.15) is 0 Å². The van der Waals surface area contributed by atoms with E-state index in [1.807, 2.05) is 0 Å². The second-order valence-electron chi connectivity index (χ2n) is 12.8. The third-order valence-corrected chi connectivity index (χ3v) is 10.6. The van der Waals surface area contributed by atoms with Crippen LogP contribution in [0.4, 0.5) is 0 Å². The fourth-order valence-electron chi connectivity index (χ4n) is 8.97. The summed E-state index contributed by atoms with van der Waals surface area (Å²) in [5.41, 5.74) is 2.03. The number of rotatable bonds is 7. The molecule has 1 aliphatic heterocycles. The van der Waals surface area contributed by atoms with Crippen molar-refractivity contribution in [2.24, 2.45) is 52.3 Å². The summed E-state index contributed by atoms with van der Waals surface area (Å²) in [5.74, 6) is 6.00. The number of allylic oxidation sites excluding steroid dienone is 2. The van der Waals surface area contributed by atoms with Gasteiger partial charge in [-0.15, -0.1) is 0 Å². The summed E-state index contributed by atoms with van der Waals surface area (Å²) in [6.45, 7) is 14.8. The first kappa shape index (κ1) is 23.4. The van der Waals surface area contributed by atoms with Gasteiger partial charge >= 0.3 is 0 Å². The minimum Gasteiger partial charge on any atom is -0.330 e. The largest absolute Gasteiger partial charge is 0.330 e. The lowest BCUT2D eigenvalue weighted by Crippen LogP contribution is -2.55. The van der Waals surface area contributed by atoms with E-state index in [4.69, 9.17) is 0 Å². The molecule has 1 N–H and O–H groups in total. The lowest BCUT2D eigenvalue weighted by molar-refractivity contribution is -0.126. The van der Waals surface area contributed by atoms with Crippen LogP contribution in [0.5, 0.6) is 0 Å². The Kier molecular flexibility index (Phi) is 6.68. The molecule has 3 aliphatic carbocycles. The molecule has 2 saturated carbocycles. The molecule has 0 aromatic rings. The maximum absolute atomic E-state index is 12.2. The van der Waals surface area contributed by atoms with Crippen LogP contribution in [0.15, 0.2) is 11.8 Å². The molecule has 1 saturated heterocycles. The second-order valence-corrected chi connectivity index (χ2v) is 12.8. The molecular formula is C29H49NO. The molecule has 3 fully saturated rings. The minimum absolute atomic E-state index is 0.200. The van der Waals surface area contributed by atoms with Gasteiger partial charge in [0.05, 0.1) is 0 Å². The van der Waals surface area contributed by atoms with Crippen molar-refractivity contribution < 1.29 is 4.79 Å². The van der Waals surface area contributed by atoms with Crippen molar-refractivity contribution in [3.63, 3.8) is 0 Å². The highest BCUT2D eigenvalue weighted by atomic mass is 16.1. The number of fused-ring (bicyclic) bond motifs is 5. The van der Waals surface area contributed by atoms with Crippen LogP contribution in [0.3, 0.4) is 0 Å². The molecular weight excluding hydrogens is 378 g/mol. The van der Waals surface area contributed by atoms with Gasteiger partial charge in [-0.05, 0) is 85.4 Å². The van der Waals surface area contributed by atoms with E-state index in [2.05, 4.69) is 52.9 Å². The molecule has 0 bridgehead atoms. The summed E-state index contributed by atoms with van der Waals surface area (Å²) < 4.78 is 0. The lowest BCUT2D eigenvalue weighted by atomic mass is 9.46. The van der Waals surface area contributed by atoms with E-state index in [9.17, 15) is 4.79 Å². The number of piperidine rings is 1. The lowest BCUT2D eigenvalue weighted by Gasteiger charge is -2.60. The topological polar surface area (TPSA) is 29.1 Å². The Morgan fingerprint density at radius 1 is 1.06 bits per heavy atom. The number of hydrogen-bond acceptors (Lipinski definition) is 1. The number of hydrogen-bond donors (Lipinski definition) is 1. The van der Waals surface area contributed by atoms with Gasteiger partial charge in [-0.1, -0.05) is 73.3 Å². The van der Waals surface area contributed by atoms with Crippen molar-refractivity contribution in [1.82, 2.24) is 5.32 Å². The Hall–Kier alpha value is -0.790. The molecule has 0 spiro atoms. The smallest absolute Gasteiger partial charge is 0.224 e. The first-order valence-corrected chi connectivity index (χ1v) is 13.7. The van der Waals surface area contributed by atoms with Crippen molar-refractivity contribution >= 4 is 5.91 Å². The Morgan fingerprint density at radius 2 is 1.84 bits per heavy atom. The summed E-state index contributed by atoms with van der Waals surface area (Å²) >= 11 is 0. The van der Waals surface area contributed by atoms with Gasteiger partial charge in [0.25, 0.3) is 0 Å². The maximum Gasteiger partial charge on any atom is 0.224 e. The number of amides is 1. The molecule has 31 heavy (non-hydrogen) atoms. The van der Waals surface area contributed by atoms with E-state index in [1.54, 1.807) is 0 Å². The van der Waals surface area contributed by atoms with E-state index >= 15 is 0 Å². The molecule has 0 aromatic heterocycles. The zero-order valence-electron chi connectivity index (χ0n) is 21.3. The zero-order valence-corrected chi connectivity index (χ0v) is 21.3. The average Bonchev–Trinajstić information content (AvgIpc) is 3.06. The third kappa shape index (κ3) is 4.04. The quantitative estimate of drug-likeness (QED) is 0.442. The molecule has 4 aliphatic rings. The molecule has 1 heterocycles. The summed E-state index contributed by atoms with van der Waals surface area (Å²) in [6, 6.07) is 0. The van der Waals surface area contributed by atoms with E-state index in [0.29, 0.717) is 17.8 Å². The van der Waals surface area contributed by atoms with Gasteiger partial charge in [0.2, 0.25) is 5.91 Å². The van der Waals surface area contributed by atoms with Crippen LogP contribution in [0.2, 0.25) is 0 Å². The summed E-state index contributed by atoms with van der Waals surface area (Å²) in [6.07, 6.45) is 16.8. The molecule has 4 rings (SSSR count). The van der Waals surface area contributed by atoms with Crippen LogP contribution >= 0.6 is 0 Å². The van der Waals surface area contributed by atoms with Crippen molar-refractivity contribution in [3.05, 3.63) is 11.8 Å². The number of carbonyl (C=O) groups excluding carboxylic acids is 1. The van der Waals surface area contributed by atoms with Crippen molar-refractivity contribution in [2.45, 2.75) is 112 Å². The maximum atomic E-state index is 12.2. The molecule has 2 nitrogen and oxygen atoms in total. The summed E-state index contributed by atoms with van der Waals surface area (Å²) in [7, 11) is 0. The molecule has 0 radical (unpaired) electrons. The van der Waals surface area contributed by atoms with E-state index < -0.39 is 0 Å². The first-order valence-electron chi connectivity index (χ1n) is 13.7. The van der Waals surface area contributed by atoms with Gasteiger partial charge < -0.3 is 5.32 Å². The second kappa shape index (κ2) is 8.86. The zero-order chi connectivity index (χ0) is 22.4. The predicted molar refractivity (Wildman–Crippen MR) is 130 cm³/mol. The van der Waals surface area contributed by atoms with Crippen LogP contribution in [-0.2, 0) is 4.79 Å². The van der Waals surface area contributed by atoms with Gasteiger partial charge in [0.15, 0.2) is 0 Å². The van der Waals surface area contributed by atoms with Crippen LogP contribution in [-0.4, -0.2) is 5.91 Å². The van der Waals surface area contributed by atoms with Gasteiger partial charge in [0, 0.05) is 17.5 Å². The number of nitrogens with one attached hydrogen (secondary N) is 1. The van der Waals surface area contributed by atoms with Gasteiger partial charge in [-0.25, -0.2) is 0 Å². The monoisotopic (exact) mass is 427 g/mol. The van der Waals surface area contributed by atoms with Crippen LogP contribution in [0.1, 0.15) is 112 Å². The SMILES string of the molecule is CCCC1C=C2NC(=O)CC[C@]2(C)C2CC[C@]3(C)C(C(C)CCCC(C)C)CCC3C12. The highest BCUT2D eigenvalue weighted by molar-refractivity contribution is 5.79. The fourth-order valence-corrected chi connectivity index (χ4v) is 8.97.